The normalized spacial score (nSPS) is 17.6. The lowest BCUT2D eigenvalue weighted by Crippen LogP contribution is -2.41. The third kappa shape index (κ3) is 2.53. The Balaban J connectivity index is 2.40. The molecule has 1 amide bonds. The van der Waals surface area contributed by atoms with E-state index in [-0.39, 0.29) is 12.5 Å². The van der Waals surface area contributed by atoms with Gasteiger partial charge in [0.1, 0.15) is 5.60 Å². The molecule has 1 aliphatic heterocycles. The van der Waals surface area contributed by atoms with E-state index in [0.717, 1.165) is 16.8 Å². The molecule has 1 heterocycles. The number of benzene rings is 1. The molecule has 1 aromatic carbocycles. The lowest BCUT2D eigenvalue weighted by Gasteiger charge is -2.28. The molecule has 0 aromatic heterocycles. The Morgan fingerprint density at radius 3 is 2.70 bits per heavy atom. The van der Waals surface area contributed by atoms with Crippen LogP contribution in [0.2, 0.25) is 0 Å². The van der Waals surface area contributed by atoms with Crippen molar-refractivity contribution in [1.82, 2.24) is 0 Å². The van der Waals surface area contributed by atoms with Gasteiger partial charge in [0.15, 0.2) is 0 Å². The molecule has 0 radical (unpaired) electrons. The van der Waals surface area contributed by atoms with Gasteiger partial charge in [0.25, 0.3) is 0 Å². The number of amides is 1. The number of fused-ring (bicyclic) bond motifs is 1. The molecular weight excluding hydrogens is 252 g/mol. The van der Waals surface area contributed by atoms with Crippen LogP contribution in [0.15, 0.2) is 30.8 Å². The molecule has 0 spiro atoms. The van der Waals surface area contributed by atoms with Gasteiger partial charge in [-0.15, -0.1) is 0 Å². The monoisotopic (exact) mass is 270 g/mol. The summed E-state index contributed by atoms with van der Waals surface area (Å²) in [6.45, 7) is 9.49. The van der Waals surface area contributed by atoms with Crippen molar-refractivity contribution in [2.45, 2.75) is 38.8 Å². The van der Waals surface area contributed by atoms with Crippen LogP contribution in [-0.2, 0) is 4.74 Å². The minimum Gasteiger partial charge on any atom is -0.443 e. The quantitative estimate of drug-likeness (QED) is 0.781. The largest absolute Gasteiger partial charge is 0.443 e. The first-order valence-corrected chi connectivity index (χ1v) is 6.52. The summed E-state index contributed by atoms with van der Waals surface area (Å²) in [4.78, 5) is 13.9. The van der Waals surface area contributed by atoms with Crippen molar-refractivity contribution < 1.29 is 9.53 Å². The highest BCUT2D eigenvalue weighted by Gasteiger charge is 2.38. The van der Waals surface area contributed by atoms with Crippen molar-refractivity contribution in [3.8, 4) is 6.07 Å². The van der Waals surface area contributed by atoms with Crippen LogP contribution >= 0.6 is 0 Å². The van der Waals surface area contributed by atoms with Gasteiger partial charge in [0.2, 0.25) is 0 Å². The number of para-hydroxylation sites is 1. The summed E-state index contributed by atoms with van der Waals surface area (Å²) in [6.07, 6.45) is -0.240. The number of carbonyl (C=O) groups excluding carboxylic acids is 1. The van der Waals surface area contributed by atoms with Crippen LogP contribution in [0.25, 0.3) is 5.57 Å². The van der Waals surface area contributed by atoms with E-state index in [0.29, 0.717) is 0 Å². The fraction of sp³-hybridized carbons (Fsp3) is 0.375. The van der Waals surface area contributed by atoms with Gasteiger partial charge in [-0.2, -0.15) is 5.26 Å². The van der Waals surface area contributed by atoms with Crippen molar-refractivity contribution in [2.75, 3.05) is 4.90 Å². The summed E-state index contributed by atoms with van der Waals surface area (Å²) in [5.74, 6) is 0. The predicted octanol–water partition coefficient (Wildman–Crippen LogP) is 3.74. The van der Waals surface area contributed by atoms with Gasteiger partial charge in [-0.05, 0) is 32.4 Å². The minimum atomic E-state index is -0.576. The number of carbonyl (C=O) groups is 1. The maximum Gasteiger partial charge on any atom is 0.415 e. The van der Waals surface area contributed by atoms with E-state index >= 15 is 0 Å². The van der Waals surface area contributed by atoms with Crippen LogP contribution in [0.4, 0.5) is 10.5 Å². The van der Waals surface area contributed by atoms with E-state index < -0.39 is 11.7 Å². The summed E-state index contributed by atoms with van der Waals surface area (Å²) < 4.78 is 5.44. The van der Waals surface area contributed by atoms with E-state index in [1.807, 2.05) is 45.0 Å². The third-order valence-corrected chi connectivity index (χ3v) is 3.10. The summed E-state index contributed by atoms with van der Waals surface area (Å²) in [6, 6.07) is 9.27. The Kier molecular flexibility index (Phi) is 3.54. The standard InChI is InChI=1S/C16H18N2O2/c1-11-12-7-5-6-8-14(12)18(13(11)9-10-17)15(19)20-16(2,3)4/h5-8,13H,1,9H2,2-4H3. The van der Waals surface area contributed by atoms with E-state index in [4.69, 9.17) is 10.00 Å². The van der Waals surface area contributed by atoms with Crippen molar-refractivity contribution in [1.29, 1.82) is 5.26 Å². The first kappa shape index (κ1) is 14.1. The molecule has 4 heteroatoms. The molecule has 0 fully saturated rings. The molecular formula is C16H18N2O2. The number of ether oxygens (including phenoxy) is 1. The zero-order valence-electron chi connectivity index (χ0n) is 12.0. The van der Waals surface area contributed by atoms with Gasteiger partial charge >= 0.3 is 6.09 Å². The molecule has 1 aliphatic rings. The first-order chi connectivity index (χ1) is 9.35. The molecule has 1 atom stereocenters. The summed E-state index contributed by atoms with van der Waals surface area (Å²) in [5.41, 5.74) is 1.87. The number of hydrogen-bond acceptors (Lipinski definition) is 3. The predicted molar refractivity (Wildman–Crippen MR) is 78.2 cm³/mol. The zero-order chi connectivity index (χ0) is 14.9. The highest BCUT2D eigenvalue weighted by molar-refractivity contribution is 6.01. The van der Waals surface area contributed by atoms with E-state index in [2.05, 4.69) is 12.6 Å². The van der Waals surface area contributed by atoms with Crippen molar-refractivity contribution in [3.05, 3.63) is 36.4 Å². The number of hydrogen-bond donors (Lipinski definition) is 0. The summed E-state index contributed by atoms with van der Waals surface area (Å²) >= 11 is 0. The van der Waals surface area contributed by atoms with E-state index in [1.165, 1.54) is 4.90 Å². The molecule has 0 bridgehead atoms. The highest BCUT2D eigenvalue weighted by Crippen LogP contribution is 2.41. The van der Waals surface area contributed by atoms with Gasteiger partial charge < -0.3 is 4.74 Å². The smallest absolute Gasteiger partial charge is 0.415 e. The topological polar surface area (TPSA) is 53.3 Å². The Morgan fingerprint density at radius 1 is 1.45 bits per heavy atom. The molecule has 1 aromatic rings. The van der Waals surface area contributed by atoms with Crippen LogP contribution in [0, 0.1) is 11.3 Å². The van der Waals surface area contributed by atoms with Gasteiger partial charge in [0.05, 0.1) is 24.2 Å². The van der Waals surface area contributed by atoms with Crippen molar-refractivity contribution >= 4 is 17.4 Å². The second-order valence-corrected chi connectivity index (χ2v) is 5.77. The molecule has 20 heavy (non-hydrogen) atoms. The minimum absolute atomic E-state index is 0.201. The molecule has 104 valence electrons. The fourth-order valence-corrected chi connectivity index (χ4v) is 2.30. The summed E-state index contributed by atoms with van der Waals surface area (Å²) in [7, 11) is 0. The second kappa shape index (κ2) is 5.01. The number of nitrogens with zero attached hydrogens (tertiary/aromatic N) is 2. The summed E-state index contributed by atoms with van der Waals surface area (Å²) in [5, 5.41) is 8.99. The Hall–Kier alpha value is -2.28. The highest BCUT2D eigenvalue weighted by atomic mass is 16.6. The maximum absolute atomic E-state index is 12.4. The Labute approximate surface area is 119 Å². The average Bonchev–Trinajstić information content (AvgIpc) is 2.62. The molecule has 0 aliphatic carbocycles. The first-order valence-electron chi connectivity index (χ1n) is 6.52. The van der Waals surface area contributed by atoms with Gasteiger partial charge in [-0.3, -0.25) is 4.90 Å². The van der Waals surface area contributed by atoms with Gasteiger partial charge in [0, 0.05) is 5.56 Å². The molecule has 0 saturated heterocycles. The SMILES string of the molecule is C=C1c2ccccc2N(C(=O)OC(C)(C)C)C1CC#N. The lowest BCUT2D eigenvalue weighted by atomic mass is 10.0. The van der Waals surface area contributed by atoms with E-state index in [9.17, 15) is 4.79 Å². The third-order valence-electron chi connectivity index (χ3n) is 3.10. The van der Waals surface area contributed by atoms with Crippen LogP contribution in [0.1, 0.15) is 32.8 Å². The molecule has 2 rings (SSSR count). The number of nitriles is 1. The van der Waals surface area contributed by atoms with Gasteiger partial charge in [-0.1, -0.05) is 24.8 Å². The van der Waals surface area contributed by atoms with Crippen LogP contribution in [-0.4, -0.2) is 17.7 Å². The Morgan fingerprint density at radius 2 is 2.10 bits per heavy atom. The lowest BCUT2D eigenvalue weighted by molar-refractivity contribution is 0.0575. The molecule has 1 unspecified atom stereocenters. The van der Waals surface area contributed by atoms with Gasteiger partial charge in [-0.25, -0.2) is 4.79 Å². The maximum atomic E-state index is 12.4. The van der Waals surface area contributed by atoms with Crippen LogP contribution in [0.5, 0.6) is 0 Å². The van der Waals surface area contributed by atoms with Crippen LogP contribution < -0.4 is 4.90 Å². The van der Waals surface area contributed by atoms with Crippen LogP contribution in [0.3, 0.4) is 0 Å². The number of rotatable bonds is 1. The second-order valence-electron chi connectivity index (χ2n) is 5.77. The van der Waals surface area contributed by atoms with Crippen molar-refractivity contribution in [3.63, 3.8) is 0 Å². The molecule has 0 N–H and O–H groups in total. The molecule has 0 saturated carbocycles. The molecule has 4 nitrogen and oxygen atoms in total. The fourth-order valence-electron chi connectivity index (χ4n) is 2.30. The Bertz CT molecular complexity index is 593. The number of anilines is 1. The van der Waals surface area contributed by atoms with Crippen molar-refractivity contribution in [2.24, 2.45) is 0 Å². The van der Waals surface area contributed by atoms with E-state index in [1.54, 1.807) is 0 Å². The zero-order valence-corrected chi connectivity index (χ0v) is 12.0. The average molecular weight is 270 g/mol.